The molecule has 104 valence electrons. The number of ether oxygens (including phenoxy) is 1. The Bertz CT molecular complexity index is 658. The van der Waals surface area contributed by atoms with Gasteiger partial charge in [0, 0.05) is 10.0 Å². The van der Waals surface area contributed by atoms with Gasteiger partial charge >= 0.3 is 0 Å². The van der Waals surface area contributed by atoms with Gasteiger partial charge in [-0.25, -0.2) is 4.39 Å². The van der Waals surface area contributed by atoms with E-state index in [1.165, 1.54) is 12.1 Å². The molecule has 0 aromatic heterocycles. The molecule has 0 heterocycles. The van der Waals surface area contributed by atoms with E-state index in [2.05, 4.69) is 15.9 Å². The first-order valence-corrected chi connectivity index (χ1v) is 7.12. The molecule has 20 heavy (non-hydrogen) atoms. The lowest BCUT2D eigenvalue weighted by Crippen LogP contribution is -2.06. The van der Waals surface area contributed by atoms with Crippen LogP contribution in [0.4, 0.5) is 4.39 Å². The molecule has 0 aliphatic rings. The maximum Gasteiger partial charge on any atom is 0.198 e. The maximum atomic E-state index is 13.0. The fourth-order valence-electron chi connectivity index (χ4n) is 1.78. The van der Waals surface area contributed by atoms with Crippen LogP contribution in [0, 0.1) is 5.82 Å². The molecule has 0 radical (unpaired) electrons. The maximum absolute atomic E-state index is 13.0. The van der Waals surface area contributed by atoms with Crippen molar-refractivity contribution < 1.29 is 13.9 Å². The van der Waals surface area contributed by atoms with Crippen LogP contribution >= 0.6 is 27.5 Å². The van der Waals surface area contributed by atoms with E-state index in [9.17, 15) is 9.18 Å². The SMILES string of the molecule is CCOc1ccc(Br)cc1C(=O)c1ccc(F)cc1Cl. The quantitative estimate of drug-likeness (QED) is 0.730. The van der Waals surface area contributed by atoms with Crippen LogP contribution in [0.2, 0.25) is 5.02 Å². The smallest absolute Gasteiger partial charge is 0.198 e. The summed E-state index contributed by atoms with van der Waals surface area (Å²) in [6, 6.07) is 8.85. The van der Waals surface area contributed by atoms with Gasteiger partial charge in [0.2, 0.25) is 0 Å². The monoisotopic (exact) mass is 356 g/mol. The highest BCUT2D eigenvalue weighted by molar-refractivity contribution is 9.10. The summed E-state index contributed by atoms with van der Waals surface area (Å²) in [6.07, 6.45) is 0. The van der Waals surface area contributed by atoms with Gasteiger partial charge in [-0.1, -0.05) is 27.5 Å². The minimum absolute atomic E-state index is 0.0809. The van der Waals surface area contributed by atoms with Gasteiger partial charge in [0.05, 0.1) is 17.2 Å². The van der Waals surface area contributed by atoms with Crippen molar-refractivity contribution in [1.82, 2.24) is 0 Å². The van der Waals surface area contributed by atoms with Gasteiger partial charge in [0.25, 0.3) is 0 Å². The molecule has 0 aliphatic heterocycles. The van der Waals surface area contributed by atoms with E-state index in [0.29, 0.717) is 17.9 Å². The van der Waals surface area contributed by atoms with Crippen molar-refractivity contribution in [2.75, 3.05) is 6.61 Å². The van der Waals surface area contributed by atoms with Gasteiger partial charge in [-0.15, -0.1) is 0 Å². The Morgan fingerprint density at radius 1 is 1.25 bits per heavy atom. The average Bonchev–Trinajstić information content (AvgIpc) is 2.40. The number of carbonyl (C=O) groups excluding carboxylic acids is 1. The number of hydrogen-bond donors (Lipinski definition) is 0. The summed E-state index contributed by atoms with van der Waals surface area (Å²) in [5, 5.41) is 0.0809. The van der Waals surface area contributed by atoms with E-state index in [-0.39, 0.29) is 16.4 Å². The lowest BCUT2D eigenvalue weighted by atomic mass is 10.0. The summed E-state index contributed by atoms with van der Waals surface area (Å²) in [7, 11) is 0. The molecule has 0 spiro atoms. The molecular weight excluding hydrogens is 347 g/mol. The number of ketones is 1. The van der Waals surface area contributed by atoms with E-state index < -0.39 is 5.82 Å². The number of hydrogen-bond acceptors (Lipinski definition) is 2. The minimum Gasteiger partial charge on any atom is -0.493 e. The fraction of sp³-hybridized carbons (Fsp3) is 0.133. The number of carbonyl (C=O) groups is 1. The van der Waals surface area contributed by atoms with Gasteiger partial charge < -0.3 is 4.74 Å². The molecule has 0 atom stereocenters. The summed E-state index contributed by atoms with van der Waals surface area (Å²) in [4.78, 5) is 12.5. The van der Waals surface area contributed by atoms with Crippen molar-refractivity contribution in [2.45, 2.75) is 6.92 Å². The zero-order valence-electron chi connectivity index (χ0n) is 10.6. The van der Waals surface area contributed by atoms with Crippen LogP contribution in [0.25, 0.3) is 0 Å². The second-order valence-corrected chi connectivity index (χ2v) is 5.35. The molecule has 0 unspecified atom stereocenters. The topological polar surface area (TPSA) is 26.3 Å². The largest absolute Gasteiger partial charge is 0.493 e. The molecule has 0 aliphatic carbocycles. The van der Waals surface area contributed by atoms with Crippen LogP contribution in [-0.2, 0) is 0 Å². The third kappa shape index (κ3) is 3.19. The Morgan fingerprint density at radius 3 is 2.65 bits per heavy atom. The van der Waals surface area contributed by atoms with E-state index in [1.54, 1.807) is 18.2 Å². The zero-order valence-corrected chi connectivity index (χ0v) is 13.0. The normalized spacial score (nSPS) is 10.4. The van der Waals surface area contributed by atoms with Gasteiger partial charge in [-0.2, -0.15) is 0 Å². The predicted octanol–water partition coefficient (Wildman–Crippen LogP) is 4.87. The van der Waals surface area contributed by atoms with Crippen molar-refractivity contribution in [3.05, 3.63) is 62.8 Å². The first-order chi connectivity index (χ1) is 9.52. The van der Waals surface area contributed by atoms with Gasteiger partial charge in [0.1, 0.15) is 11.6 Å². The standard InChI is InChI=1S/C15H11BrClFO2/c1-2-20-14-6-3-9(16)7-12(14)15(19)11-5-4-10(18)8-13(11)17/h3-8H,2H2,1H3. The Hall–Kier alpha value is -1.39. The summed E-state index contributed by atoms with van der Waals surface area (Å²) in [5.41, 5.74) is 0.627. The van der Waals surface area contributed by atoms with E-state index >= 15 is 0 Å². The Balaban J connectivity index is 2.49. The van der Waals surface area contributed by atoms with Gasteiger partial charge in [-0.3, -0.25) is 4.79 Å². The highest BCUT2D eigenvalue weighted by Crippen LogP contribution is 2.28. The lowest BCUT2D eigenvalue weighted by Gasteiger charge is -2.10. The number of halogens is 3. The van der Waals surface area contributed by atoms with E-state index in [4.69, 9.17) is 16.3 Å². The van der Waals surface area contributed by atoms with Crippen molar-refractivity contribution in [3.63, 3.8) is 0 Å². The van der Waals surface area contributed by atoms with Crippen LogP contribution in [0.3, 0.4) is 0 Å². The highest BCUT2D eigenvalue weighted by atomic mass is 79.9. The number of rotatable bonds is 4. The van der Waals surface area contributed by atoms with Gasteiger partial charge in [-0.05, 0) is 43.3 Å². The molecule has 2 aromatic rings. The molecule has 2 nitrogen and oxygen atoms in total. The molecule has 0 saturated carbocycles. The van der Waals surface area contributed by atoms with Crippen LogP contribution in [0.15, 0.2) is 40.9 Å². The van der Waals surface area contributed by atoms with Crippen molar-refractivity contribution >= 4 is 33.3 Å². The summed E-state index contributed by atoms with van der Waals surface area (Å²) < 4.78 is 19.2. The molecule has 5 heteroatoms. The average molecular weight is 358 g/mol. The highest BCUT2D eigenvalue weighted by Gasteiger charge is 2.18. The molecule has 0 N–H and O–H groups in total. The molecule has 0 bridgehead atoms. The second-order valence-electron chi connectivity index (χ2n) is 4.03. The molecule has 2 rings (SSSR count). The van der Waals surface area contributed by atoms with Gasteiger partial charge in [0.15, 0.2) is 5.78 Å². The van der Waals surface area contributed by atoms with Crippen molar-refractivity contribution in [3.8, 4) is 5.75 Å². The Labute approximate surface area is 129 Å². The first kappa shape index (κ1) is 15.0. The molecule has 2 aromatic carbocycles. The summed E-state index contributed by atoms with van der Waals surface area (Å²) in [5.74, 6) is -0.313. The minimum atomic E-state index is -0.481. The third-order valence-corrected chi connectivity index (χ3v) is 3.47. The molecule has 0 amide bonds. The van der Waals surface area contributed by atoms with Crippen molar-refractivity contribution in [1.29, 1.82) is 0 Å². The fourth-order valence-corrected chi connectivity index (χ4v) is 2.39. The third-order valence-electron chi connectivity index (χ3n) is 2.66. The molecule has 0 fully saturated rings. The second kappa shape index (κ2) is 6.37. The Kier molecular flexibility index (Phi) is 4.78. The lowest BCUT2D eigenvalue weighted by molar-refractivity contribution is 0.103. The molecule has 0 saturated heterocycles. The summed E-state index contributed by atoms with van der Waals surface area (Å²) in [6.45, 7) is 2.28. The van der Waals surface area contributed by atoms with Crippen LogP contribution in [0.1, 0.15) is 22.8 Å². The van der Waals surface area contributed by atoms with Crippen LogP contribution < -0.4 is 4.74 Å². The van der Waals surface area contributed by atoms with Crippen molar-refractivity contribution in [2.24, 2.45) is 0 Å². The predicted molar refractivity (Wildman–Crippen MR) is 80.2 cm³/mol. The van der Waals surface area contributed by atoms with E-state index in [1.807, 2.05) is 6.92 Å². The molecular formula is C15H11BrClFO2. The van der Waals surface area contributed by atoms with E-state index in [0.717, 1.165) is 10.5 Å². The van der Waals surface area contributed by atoms with Crippen LogP contribution in [0.5, 0.6) is 5.75 Å². The zero-order chi connectivity index (χ0) is 14.7. The number of benzene rings is 2. The summed E-state index contributed by atoms with van der Waals surface area (Å²) >= 11 is 9.25. The van der Waals surface area contributed by atoms with Crippen LogP contribution in [-0.4, -0.2) is 12.4 Å². The first-order valence-electron chi connectivity index (χ1n) is 5.95. The Morgan fingerprint density at radius 2 is 2.00 bits per heavy atom.